The Labute approximate surface area is 133 Å². The van der Waals surface area contributed by atoms with E-state index in [-0.39, 0.29) is 0 Å². The first-order valence-corrected chi connectivity index (χ1v) is 8.88. The Hall–Kier alpha value is -1.18. The molecule has 22 heavy (non-hydrogen) atoms. The van der Waals surface area contributed by atoms with Gasteiger partial charge in [0.2, 0.25) is 0 Å². The zero-order chi connectivity index (χ0) is 15.5. The van der Waals surface area contributed by atoms with E-state index in [2.05, 4.69) is 19.9 Å². The third-order valence-electron chi connectivity index (χ3n) is 7.47. The van der Waals surface area contributed by atoms with Crippen LogP contribution in [-0.2, 0) is 6.42 Å². The van der Waals surface area contributed by atoms with Crippen LogP contribution < -0.4 is 4.74 Å². The Morgan fingerprint density at radius 1 is 1.14 bits per heavy atom. The summed E-state index contributed by atoms with van der Waals surface area (Å²) in [5.41, 5.74) is 3.54. The molecule has 0 heterocycles. The quantitative estimate of drug-likeness (QED) is 0.787. The van der Waals surface area contributed by atoms with Crippen molar-refractivity contribution >= 4 is 0 Å². The number of hydrogen-bond donors (Lipinski definition) is 1. The van der Waals surface area contributed by atoms with Gasteiger partial charge in [-0.3, -0.25) is 0 Å². The summed E-state index contributed by atoms with van der Waals surface area (Å²) in [4.78, 5) is 0. The van der Waals surface area contributed by atoms with Crippen molar-refractivity contribution in [3.05, 3.63) is 23.3 Å². The van der Waals surface area contributed by atoms with E-state index < -0.39 is 0 Å². The molecule has 0 aliphatic heterocycles. The fourth-order valence-corrected chi connectivity index (χ4v) is 6.34. The standard InChI is InChI=1S/C20H28O2/c1-19-10-4-5-17(19)20(2)12-8-14-13(15(20)9-11-19)6-7-16(22-3)18(14)21/h6-7,15,17,21H,4-5,8-12H2,1-3H3. The summed E-state index contributed by atoms with van der Waals surface area (Å²) < 4.78 is 5.31. The summed E-state index contributed by atoms with van der Waals surface area (Å²) >= 11 is 0. The largest absolute Gasteiger partial charge is 0.504 e. The second kappa shape index (κ2) is 4.66. The first-order valence-electron chi connectivity index (χ1n) is 8.88. The number of benzene rings is 1. The molecule has 1 N–H and O–H groups in total. The van der Waals surface area contributed by atoms with Crippen molar-refractivity contribution in [2.45, 2.75) is 64.7 Å². The van der Waals surface area contributed by atoms with Crippen LogP contribution in [0.1, 0.15) is 69.4 Å². The normalized spacial score (nSPS) is 39.8. The van der Waals surface area contributed by atoms with Gasteiger partial charge in [-0.25, -0.2) is 0 Å². The van der Waals surface area contributed by atoms with Crippen LogP contribution in [0.25, 0.3) is 0 Å². The van der Waals surface area contributed by atoms with Crippen molar-refractivity contribution in [3.8, 4) is 11.5 Å². The highest BCUT2D eigenvalue weighted by Crippen LogP contribution is 2.67. The zero-order valence-corrected chi connectivity index (χ0v) is 14.1. The summed E-state index contributed by atoms with van der Waals surface area (Å²) in [6.07, 6.45) is 9.07. The van der Waals surface area contributed by atoms with Gasteiger partial charge in [0.1, 0.15) is 0 Å². The third-order valence-corrected chi connectivity index (χ3v) is 7.47. The highest BCUT2D eigenvalue weighted by atomic mass is 16.5. The second-order valence-electron chi connectivity index (χ2n) is 8.38. The minimum atomic E-state index is 0.391. The van der Waals surface area contributed by atoms with Crippen LogP contribution in [0.2, 0.25) is 0 Å². The molecule has 0 amide bonds. The van der Waals surface area contributed by atoms with Gasteiger partial charge in [-0.05, 0) is 72.8 Å². The molecule has 3 aliphatic rings. The van der Waals surface area contributed by atoms with Crippen LogP contribution in [0.3, 0.4) is 0 Å². The maximum absolute atomic E-state index is 10.5. The molecule has 4 unspecified atom stereocenters. The average Bonchev–Trinajstić information content (AvgIpc) is 2.90. The molecule has 0 spiro atoms. The van der Waals surface area contributed by atoms with Crippen LogP contribution in [0.15, 0.2) is 12.1 Å². The van der Waals surface area contributed by atoms with E-state index in [1.54, 1.807) is 7.11 Å². The smallest absolute Gasteiger partial charge is 0.161 e. The molecule has 2 fully saturated rings. The van der Waals surface area contributed by atoms with Gasteiger partial charge >= 0.3 is 0 Å². The van der Waals surface area contributed by atoms with E-state index in [1.807, 2.05) is 6.07 Å². The Morgan fingerprint density at radius 2 is 1.95 bits per heavy atom. The highest BCUT2D eigenvalue weighted by molar-refractivity contribution is 5.53. The van der Waals surface area contributed by atoms with E-state index in [1.165, 1.54) is 44.1 Å². The van der Waals surface area contributed by atoms with E-state index in [9.17, 15) is 5.11 Å². The predicted octanol–water partition coefficient (Wildman–Crippen LogP) is 5.04. The molecule has 4 atom stereocenters. The lowest BCUT2D eigenvalue weighted by Crippen LogP contribution is -2.47. The molecule has 2 saturated carbocycles. The van der Waals surface area contributed by atoms with Crippen LogP contribution >= 0.6 is 0 Å². The van der Waals surface area contributed by atoms with Crippen molar-refractivity contribution in [3.63, 3.8) is 0 Å². The Balaban J connectivity index is 1.79. The number of fused-ring (bicyclic) bond motifs is 5. The maximum Gasteiger partial charge on any atom is 0.161 e. The Bertz CT molecular complexity index is 608. The summed E-state index contributed by atoms with van der Waals surface area (Å²) in [7, 11) is 1.64. The SMILES string of the molecule is COc1ccc2c(c1O)CCC1(C)C2CCC2(C)CCCC21. The van der Waals surface area contributed by atoms with Gasteiger partial charge in [-0.2, -0.15) is 0 Å². The summed E-state index contributed by atoms with van der Waals surface area (Å²) in [5.74, 6) is 2.49. The molecule has 0 aromatic heterocycles. The van der Waals surface area contributed by atoms with Crippen molar-refractivity contribution in [1.29, 1.82) is 0 Å². The number of aromatic hydroxyl groups is 1. The fourth-order valence-electron chi connectivity index (χ4n) is 6.34. The first kappa shape index (κ1) is 14.4. The number of ether oxygens (including phenoxy) is 1. The third kappa shape index (κ3) is 1.73. The molecular weight excluding hydrogens is 272 g/mol. The van der Waals surface area contributed by atoms with Crippen molar-refractivity contribution in [1.82, 2.24) is 0 Å². The van der Waals surface area contributed by atoms with Crippen LogP contribution in [0.5, 0.6) is 11.5 Å². The lowest BCUT2D eigenvalue weighted by molar-refractivity contribution is -0.0181. The van der Waals surface area contributed by atoms with E-state index in [4.69, 9.17) is 4.74 Å². The number of rotatable bonds is 1. The molecular formula is C20H28O2. The lowest BCUT2D eigenvalue weighted by Gasteiger charge is -2.56. The lowest BCUT2D eigenvalue weighted by atomic mass is 9.48. The van der Waals surface area contributed by atoms with Crippen LogP contribution in [0.4, 0.5) is 0 Å². The van der Waals surface area contributed by atoms with E-state index in [0.29, 0.717) is 28.2 Å². The monoisotopic (exact) mass is 300 g/mol. The molecule has 0 bridgehead atoms. The van der Waals surface area contributed by atoms with Crippen molar-refractivity contribution in [2.75, 3.05) is 7.11 Å². The molecule has 3 aliphatic carbocycles. The molecule has 1 aromatic carbocycles. The van der Waals surface area contributed by atoms with Gasteiger partial charge in [0.15, 0.2) is 11.5 Å². The summed E-state index contributed by atoms with van der Waals surface area (Å²) in [6.45, 7) is 5.07. The molecule has 0 saturated heterocycles. The Kier molecular flexibility index (Phi) is 3.05. The van der Waals surface area contributed by atoms with Crippen LogP contribution in [0, 0.1) is 16.7 Å². The van der Waals surface area contributed by atoms with Gasteiger partial charge in [0.05, 0.1) is 7.11 Å². The average molecular weight is 300 g/mol. The van der Waals surface area contributed by atoms with Gasteiger partial charge in [0.25, 0.3) is 0 Å². The van der Waals surface area contributed by atoms with Gasteiger partial charge in [0, 0.05) is 5.56 Å². The number of phenols is 1. The number of methoxy groups -OCH3 is 1. The molecule has 2 nitrogen and oxygen atoms in total. The topological polar surface area (TPSA) is 29.5 Å². The number of hydrogen-bond acceptors (Lipinski definition) is 2. The zero-order valence-electron chi connectivity index (χ0n) is 14.1. The van der Waals surface area contributed by atoms with Gasteiger partial charge < -0.3 is 9.84 Å². The molecule has 120 valence electrons. The second-order valence-corrected chi connectivity index (χ2v) is 8.38. The molecule has 2 heteroatoms. The van der Waals surface area contributed by atoms with Crippen molar-refractivity contribution < 1.29 is 9.84 Å². The first-order chi connectivity index (χ1) is 10.5. The van der Waals surface area contributed by atoms with E-state index >= 15 is 0 Å². The van der Waals surface area contributed by atoms with Gasteiger partial charge in [-0.1, -0.05) is 26.3 Å². The molecule has 1 aromatic rings. The fraction of sp³-hybridized carbons (Fsp3) is 0.700. The van der Waals surface area contributed by atoms with Gasteiger partial charge in [-0.15, -0.1) is 0 Å². The molecule has 4 rings (SSSR count). The van der Waals surface area contributed by atoms with E-state index in [0.717, 1.165) is 17.9 Å². The van der Waals surface area contributed by atoms with Crippen molar-refractivity contribution in [2.24, 2.45) is 16.7 Å². The number of phenolic OH excluding ortho intramolecular Hbond substituents is 1. The Morgan fingerprint density at radius 3 is 2.73 bits per heavy atom. The summed E-state index contributed by atoms with van der Waals surface area (Å²) in [6, 6.07) is 4.19. The minimum absolute atomic E-state index is 0.391. The molecule has 0 radical (unpaired) electrons. The highest BCUT2D eigenvalue weighted by Gasteiger charge is 2.56. The minimum Gasteiger partial charge on any atom is -0.504 e. The van der Waals surface area contributed by atoms with Crippen LogP contribution in [-0.4, -0.2) is 12.2 Å². The predicted molar refractivity (Wildman–Crippen MR) is 88.5 cm³/mol. The maximum atomic E-state index is 10.5. The summed E-state index contributed by atoms with van der Waals surface area (Å²) in [5, 5.41) is 10.5.